The van der Waals surface area contributed by atoms with Gasteiger partial charge in [-0.3, -0.25) is 4.79 Å². The number of carbonyl (C=O) groups excluding carboxylic acids is 1. The number of hydrogen-bond acceptors (Lipinski definition) is 4. The van der Waals surface area contributed by atoms with E-state index in [0.717, 1.165) is 0 Å². The summed E-state index contributed by atoms with van der Waals surface area (Å²) in [6.45, 7) is 1.67. The molecule has 0 bridgehead atoms. The fourth-order valence-electron chi connectivity index (χ4n) is 1.26. The van der Waals surface area contributed by atoms with Gasteiger partial charge in [-0.1, -0.05) is 12.1 Å². The highest BCUT2D eigenvalue weighted by atomic mass is 16.5. The molecule has 0 atom stereocenters. The lowest BCUT2D eigenvalue weighted by Gasteiger charge is -1.99. The van der Waals surface area contributed by atoms with Crippen LogP contribution in [-0.2, 0) is 4.74 Å². The molecule has 1 aromatic rings. The van der Waals surface area contributed by atoms with Crippen molar-refractivity contribution in [2.24, 2.45) is 0 Å². The molecule has 0 saturated heterocycles. The van der Waals surface area contributed by atoms with E-state index >= 15 is 0 Å². The fraction of sp³-hybridized carbons (Fsp3) is 0.273. The van der Waals surface area contributed by atoms with Gasteiger partial charge in [0.05, 0.1) is 14.2 Å². The quantitative estimate of drug-likeness (QED) is 0.684. The Morgan fingerprint density at radius 2 is 1.93 bits per heavy atom. The van der Waals surface area contributed by atoms with Gasteiger partial charge in [-0.05, 0) is 18.6 Å². The number of ether oxygens (including phenoxy) is 2. The van der Waals surface area contributed by atoms with Crippen molar-refractivity contribution in [1.29, 1.82) is 0 Å². The Kier molecular flexibility index (Phi) is 3.44. The molecule has 4 nitrogen and oxygen atoms in total. The first-order chi connectivity index (χ1) is 7.11. The van der Waals surface area contributed by atoms with E-state index < -0.39 is 11.4 Å². The number of carbonyl (C=O) groups is 1. The van der Waals surface area contributed by atoms with E-state index in [-0.39, 0.29) is 11.3 Å². The van der Waals surface area contributed by atoms with Gasteiger partial charge in [0.2, 0.25) is 5.43 Å². The van der Waals surface area contributed by atoms with Crippen LogP contribution >= 0.6 is 0 Å². The Morgan fingerprint density at radius 1 is 1.27 bits per heavy atom. The third-order valence-corrected chi connectivity index (χ3v) is 2.05. The summed E-state index contributed by atoms with van der Waals surface area (Å²) in [5.74, 6) is -0.518. The first-order valence-corrected chi connectivity index (χ1v) is 4.38. The number of hydrogen-bond donors (Lipinski definition) is 0. The van der Waals surface area contributed by atoms with Crippen molar-refractivity contribution in [3.63, 3.8) is 0 Å². The lowest BCUT2D eigenvalue weighted by atomic mass is 10.1. The standard InChI is InChI=1S/C11H12O4/c1-7-5-4-6-8(14-2)10(12)9(7)11(13)15-3/h4-6H,1-3H3. The summed E-state index contributed by atoms with van der Waals surface area (Å²) in [5, 5.41) is 0. The van der Waals surface area contributed by atoms with E-state index in [1.54, 1.807) is 19.1 Å². The number of methoxy groups -OCH3 is 2. The molecule has 0 radical (unpaired) electrons. The summed E-state index contributed by atoms with van der Waals surface area (Å²) < 4.78 is 9.42. The summed E-state index contributed by atoms with van der Waals surface area (Å²) in [4.78, 5) is 23.2. The van der Waals surface area contributed by atoms with Gasteiger partial charge in [-0.25, -0.2) is 4.79 Å². The number of rotatable bonds is 2. The highest BCUT2D eigenvalue weighted by Crippen LogP contribution is 2.08. The molecule has 0 heterocycles. The monoisotopic (exact) mass is 208 g/mol. The number of aryl methyl sites for hydroxylation is 1. The molecule has 0 N–H and O–H groups in total. The molecule has 0 aromatic heterocycles. The van der Waals surface area contributed by atoms with Crippen LogP contribution in [-0.4, -0.2) is 20.2 Å². The van der Waals surface area contributed by atoms with Crippen LogP contribution in [0.15, 0.2) is 23.0 Å². The second-order valence-electron chi connectivity index (χ2n) is 2.97. The predicted octanol–water partition coefficient (Wildman–Crippen LogP) is 1.15. The van der Waals surface area contributed by atoms with E-state index in [4.69, 9.17) is 4.74 Å². The summed E-state index contributed by atoms with van der Waals surface area (Å²) in [5.41, 5.74) is 0.126. The Labute approximate surface area is 87.5 Å². The molecule has 0 fully saturated rings. The van der Waals surface area contributed by atoms with Crippen molar-refractivity contribution in [2.45, 2.75) is 6.92 Å². The van der Waals surface area contributed by atoms with E-state index in [9.17, 15) is 9.59 Å². The van der Waals surface area contributed by atoms with E-state index in [1.165, 1.54) is 20.3 Å². The number of esters is 1. The van der Waals surface area contributed by atoms with Crippen molar-refractivity contribution in [3.05, 3.63) is 39.5 Å². The molecule has 15 heavy (non-hydrogen) atoms. The zero-order valence-corrected chi connectivity index (χ0v) is 8.87. The topological polar surface area (TPSA) is 52.6 Å². The Morgan fingerprint density at radius 3 is 2.47 bits per heavy atom. The van der Waals surface area contributed by atoms with Crippen LogP contribution in [0, 0.1) is 6.92 Å². The van der Waals surface area contributed by atoms with Crippen LogP contribution < -0.4 is 10.2 Å². The van der Waals surface area contributed by atoms with Gasteiger partial charge in [0.1, 0.15) is 5.56 Å². The molecule has 0 aliphatic carbocycles. The van der Waals surface area contributed by atoms with Gasteiger partial charge in [0.25, 0.3) is 0 Å². The van der Waals surface area contributed by atoms with Crippen LogP contribution in [0.5, 0.6) is 5.75 Å². The minimum Gasteiger partial charge on any atom is -0.493 e. The highest BCUT2D eigenvalue weighted by molar-refractivity contribution is 5.91. The Hall–Kier alpha value is -1.84. The maximum absolute atomic E-state index is 11.8. The van der Waals surface area contributed by atoms with E-state index in [0.29, 0.717) is 5.56 Å². The third-order valence-electron chi connectivity index (χ3n) is 2.05. The van der Waals surface area contributed by atoms with Crippen molar-refractivity contribution >= 4 is 5.97 Å². The molecule has 0 spiro atoms. The molecule has 0 amide bonds. The van der Waals surface area contributed by atoms with Crippen LogP contribution in [0.1, 0.15) is 15.9 Å². The molecular weight excluding hydrogens is 196 g/mol. The fourth-order valence-corrected chi connectivity index (χ4v) is 1.26. The van der Waals surface area contributed by atoms with Gasteiger partial charge < -0.3 is 9.47 Å². The SMILES string of the molecule is COC(=O)c1c(C)cccc(OC)c1=O. The third kappa shape index (κ3) is 2.15. The maximum Gasteiger partial charge on any atom is 0.342 e. The first-order valence-electron chi connectivity index (χ1n) is 4.38. The molecule has 0 unspecified atom stereocenters. The molecule has 1 aromatic carbocycles. The van der Waals surface area contributed by atoms with Crippen molar-refractivity contribution in [2.75, 3.05) is 14.2 Å². The minimum absolute atomic E-state index is 0.0133. The van der Waals surface area contributed by atoms with Gasteiger partial charge >= 0.3 is 5.97 Å². The zero-order valence-electron chi connectivity index (χ0n) is 8.87. The maximum atomic E-state index is 11.8. The van der Waals surface area contributed by atoms with Crippen LogP contribution in [0.25, 0.3) is 0 Å². The average Bonchev–Trinajstić information content (AvgIpc) is 2.36. The molecule has 80 valence electrons. The largest absolute Gasteiger partial charge is 0.493 e. The summed E-state index contributed by atoms with van der Waals surface area (Å²) in [6.07, 6.45) is 0. The van der Waals surface area contributed by atoms with Crippen LogP contribution in [0.2, 0.25) is 0 Å². The van der Waals surface area contributed by atoms with Gasteiger partial charge in [-0.15, -0.1) is 0 Å². The molecule has 0 saturated carbocycles. The minimum atomic E-state index is -0.646. The summed E-state index contributed by atoms with van der Waals surface area (Å²) in [6, 6.07) is 4.83. The summed E-state index contributed by atoms with van der Waals surface area (Å²) >= 11 is 0. The summed E-state index contributed by atoms with van der Waals surface area (Å²) in [7, 11) is 2.62. The van der Waals surface area contributed by atoms with Gasteiger partial charge in [-0.2, -0.15) is 0 Å². The average molecular weight is 208 g/mol. The van der Waals surface area contributed by atoms with Crippen LogP contribution in [0.4, 0.5) is 0 Å². The van der Waals surface area contributed by atoms with Crippen molar-refractivity contribution < 1.29 is 14.3 Å². The molecule has 0 aliphatic heterocycles. The second-order valence-corrected chi connectivity index (χ2v) is 2.97. The van der Waals surface area contributed by atoms with Crippen molar-refractivity contribution in [3.8, 4) is 5.75 Å². The first kappa shape index (κ1) is 11.2. The normalized spacial score (nSPS) is 9.53. The molecule has 0 aliphatic rings. The lowest BCUT2D eigenvalue weighted by Crippen LogP contribution is -2.17. The zero-order chi connectivity index (χ0) is 11.4. The van der Waals surface area contributed by atoms with Crippen LogP contribution in [0.3, 0.4) is 0 Å². The Balaban J connectivity index is 3.56. The molecular formula is C11H12O4. The highest BCUT2D eigenvalue weighted by Gasteiger charge is 2.15. The predicted molar refractivity (Wildman–Crippen MR) is 55.3 cm³/mol. The smallest absolute Gasteiger partial charge is 0.342 e. The van der Waals surface area contributed by atoms with E-state index in [2.05, 4.69) is 4.74 Å². The molecule has 4 heteroatoms. The van der Waals surface area contributed by atoms with Crippen molar-refractivity contribution in [1.82, 2.24) is 0 Å². The van der Waals surface area contributed by atoms with Gasteiger partial charge in [0.15, 0.2) is 5.75 Å². The van der Waals surface area contributed by atoms with Gasteiger partial charge in [0, 0.05) is 0 Å². The van der Waals surface area contributed by atoms with E-state index in [1.807, 2.05) is 0 Å². The second kappa shape index (κ2) is 4.59. The lowest BCUT2D eigenvalue weighted by molar-refractivity contribution is 0.0598. The Bertz CT molecular complexity index is 437. The molecule has 1 rings (SSSR count).